The van der Waals surface area contributed by atoms with Crippen LogP contribution in [0.4, 0.5) is 4.39 Å². The van der Waals surface area contributed by atoms with Gasteiger partial charge in [-0.05, 0) is 25.5 Å². The lowest BCUT2D eigenvalue weighted by atomic mass is 10.1. The maximum Gasteiger partial charge on any atom is 0.146 e. The van der Waals surface area contributed by atoms with Crippen molar-refractivity contribution in [1.82, 2.24) is 10.2 Å². The molecular weight excluding hydrogens is 279 g/mol. The van der Waals surface area contributed by atoms with Crippen molar-refractivity contribution in [2.75, 3.05) is 33.4 Å². The van der Waals surface area contributed by atoms with E-state index in [0.717, 1.165) is 32.7 Å². The second-order valence-corrected chi connectivity index (χ2v) is 5.58. The SMILES string of the molecule is COCCNCC1CCCN1Cc1cccc(Cl)c1F. The molecule has 1 aromatic carbocycles. The number of hydrogen-bond donors (Lipinski definition) is 1. The molecule has 0 amide bonds. The van der Waals surface area contributed by atoms with E-state index in [2.05, 4.69) is 10.2 Å². The highest BCUT2D eigenvalue weighted by Gasteiger charge is 2.25. The second kappa shape index (κ2) is 7.93. The van der Waals surface area contributed by atoms with Gasteiger partial charge in [0.2, 0.25) is 0 Å². The summed E-state index contributed by atoms with van der Waals surface area (Å²) in [6, 6.07) is 5.68. The Morgan fingerprint density at radius 2 is 2.35 bits per heavy atom. The van der Waals surface area contributed by atoms with Crippen LogP contribution in [0.15, 0.2) is 18.2 Å². The van der Waals surface area contributed by atoms with Crippen LogP contribution in [0.3, 0.4) is 0 Å². The van der Waals surface area contributed by atoms with Crippen molar-refractivity contribution in [3.63, 3.8) is 0 Å². The average molecular weight is 301 g/mol. The zero-order valence-corrected chi connectivity index (χ0v) is 12.6. The van der Waals surface area contributed by atoms with Gasteiger partial charge in [-0.2, -0.15) is 0 Å². The summed E-state index contributed by atoms with van der Waals surface area (Å²) in [5, 5.41) is 3.59. The van der Waals surface area contributed by atoms with Gasteiger partial charge in [-0.15, -0.1) is 0 Å². The number of benzene rings is 1. The lowest BCUT2D eigenvalue weighted by Gasteiger charge is -2.25. The van der Waals surface area contributed by atoms with Gasteiger partial charge in [-0.3, -0.25) is 4.90 Å². The summed E-state index contributed by atoms with van der Waals surface area (Å²) in [5.41, 5.74) is 0.682. The minimum Gasteiger partial charge on any atom is -0.383 e. The molecule has 1 heterocycles. The van der Waals surface area contributed by atoms with Crippen molar-refractivity contribution in [3.8, 4) is 0 Å². The Kier molecular flexibility index (Phi) is 6.23. The van der Waals surface area contributed by atoms with Crippen LogP contribution in [0.5, 0.6) is 0 Å². The second-order valence-electron chi connectivity index (χ2n) is 5.18. The van der Waals surface area contributed by atoms with Crippen molar-refractivity contribution >= 4 is 11.6 Å². The fraction of sp³-hybridized carbons (Fsp3) is 0.600. The van der Waals surface area contributed by atoms with Crippen molar-refractivity contribution < 1.29 is 9.13 Å². The Balaban J connectivity index is 1.89. The Bertz CT molecular complexity index is 430. The van der Waals surface area contributed by atoms with Crippen molar-refractivity contribution in [1.29, 1.82) is 0 Å². The molecular formula is C15H22ClFN2O. The number of nitrogens with zero attached hydrogens (tertiary/aromatic N) is 1. The molecule has 1 aromatic rings. The third kappa shape index (κ3) is 4.16. The zero-order valence-electron chi connectivity index (χ0n) is 11.9. The molecule has 2 rings (SSSR count). The predicted molar refractivity (Wildman–Crippen MR) is 79.6 cm³/mol. The highest BCUT2D eigenvalue weighted by atomic mass is 35.5. The van der Waals surface area contributed by atoms with E-state index in [-0.39, 0.29) is 10.8 Å². The standard InChI is InChI=1S/C15H22ClFN2O/c1-20-9-7-18-10-13-5-3-8-19(13)11-12-4-2-6-14(16)15(12)17/h2,4,6,13,18H,3,5,7-11H2,1H3. The lowest BCUT2D eigenvalue weighted by Crippen LogP contribution is -2.38. The molecule has 1 fully saturated rings. The predicted octanol–water partition coefficient (Wildman–Crippen LogP) is 2.68. The topological polar surface area (TPSA) is 24.5 Å². The molecule has 0 saturated carbocycles. The van der Waals surface area contributed by atoms with E-state index < -0.39 is 0 Å². The number of ether oxygens (including phenoxy) is 1. The number of halogens is 2. The van der Waals surface area contributed by atoms with Crippen molar-refractivity contribution in [3.05, 3.63) is 34.6 Å². The Hall–Kier alpha value is -0.680. The summed E-state index contributed by atoms with van der Waals surface area (Å²) < 4.78 is 19.0. The van der Waals surface area contributed by atoms with E-state index in [1.54, 1.807) is 13.2 Å². The van der Waals surface area contributed by atoms with E-state index in [9.17, 15) is 4.39 Å². The molecule has 1 aliphatic heterocycles. The fourth-order valence-corrected chi connectivity index (χ4v) is 2.86. The molecule has 5 heteroatoms. The normalized spacial score (nSPS) is 19.6. The summed E-state index contributed by atoms with van der Waals surface area (Å²) >= 11 is 5.83. The van der Waals surface area contributed by atoms with Gasteiger partial charge in [-0.25, -0.2) is 4.39 Å². The van der Waals surface area contributed by atoms with Gasteiger partial charge in [0.05, 0.1) is 11.6 Å². The summed E-state index contributed by atoms with van der Waals surface area (Å²) in [4.78, 5) is 2.33. The molecule has 0 aromatic heterocycles. The summed E-state index contributed by atoms with van der Waals surface area (Å²) in [6.45, 7) is 4.14. The van der Waals surface area contributed by atoms with Crippen LogP contribution in [0.1, 0.15) is 18.4 Å². The minimum atomic E-state index is -0.285. The molecule has 0 aliphatic carbocycles. The Morgan fingerprint density at radius 3 is 3.15 bits per heavy atom. The molecule has 1 aliphatic rings. The lowest BCUT2D eigenvalue weighted by molar-refractivity contribution is 0.190. The maximum atomic E-state index is 13.9. The number of rotatable bonds is 7. The summed E-state index contributed by atoms with van der Waals surface area (Å²) in [7, 11) is 1.70. The molecule has 3 nitrogen and oxygen atoms in total. The van der Waals surface area contributed by atoms with E-state index >= 15 is 0 Å². The van der Waals surface area contributed by atoms with E-state index in [0.29, 0.717) is 18.2 Å². The average Bonchev–Trinajstić information content (AvgIpc) is 2.87. The molecule has 1 unspecified atom stereocenters. The quantitative estimate of drug-likeness (QED) is 0.784. The first kappa shape index (κ1) is 15.7. The molecule has 0 radical (unpaired) electrons. The number of nitrogens with one attached hydrogen (secondary N) is 1. The largest absolute Gasteiger partial charge is 0.383 e. The first-order chi connectivity index (χ1) is 9.72. The van der Waals surface area contributed by atoms with Gasteiger partial charge in [0.15, 0.2) is 0 Å². The number of hydrogen-bond acceptors (Lipinski definition) is 3. The smallest absolute Gasteiger partial charge is 0.146 e. The van der Waals surface area contributed by atoms with Crippen molar-refractivity contribution in [2.45, 2.75) is 25.4 Å². The van der Waals surface area contributed by atoms with Crippen LogP contribution in [0.2, 0.25) is 5.02 Å². The van der Waals surface area contributed by atoms with Crippen LogP contribution in [-0.4, -0.2) is 44.3 Å². The number of methoxy groups -OCH3 is 1. The van der Waals surface area contributed by atoms with Crippen LogP contribution in [0.25, 0.3) is 0 Å². The highest BCUT2D eigenvalue weighted by Crippen LogP contribution is 2.23. The van der Waals surface area contributed by atoms with Crippen LogP contribution < -0.4 is 5.32 Å². The van der Waals surface area contributed by atoms with Gasteiger partial charge >= 0.3 is 0 Å². The van der Waals surface area contributed by atoms with Gasteiger partial charge < -0.3 is 10.1 Å². The molecule has 112 valence electrons. The minimum absolute atomic E-state index is 0.205. The maximum absolute atomic E-state index is 13.9. The van der Waals surface area contributed by atoms with E-state index in [4.69, 9.17) is 16.3 Å². The van der Waals surface area contributed by atoms with Gasteiger partial charge in [-0.1, -0.05) is 23.7 Å². The first-order valence-electron chi connectivity index (χ1n) is 7.09. The van der Waals surface area contributed by atoms with Gasteiger partial charge in [0.1, 0.15) is 5.82 Å². The van der Waals surface area contributed by atoms with Crippen LogP contribution in [0, 0.1) is 5.82 Å². The third-order valence-electron chi connectivity index (χ3n) is 3.77. The fourth-order valence-electron chi connectivity index (χ4n) is 2.67. The van der Waals surface area contributed by atoms with Crippen molar-refractivity contribution in [2.24, 2.45) is 0 Å². The Morgan fingerprint density at radius 1 is 1.50 bits per heavy atom. The third-order valence-corrected chi connectivity index (χ3v) is 4.06. The molecule has 1 N–H and O–H groups in total. The summed E-state index contributed by atoms with van der Waals surface area (Å²) in [6.07, 6.45) is 2.32. The first-order valence-corrected chi connectivity index (χ1v) is 7.46. The zero-order chi connectivity index (χ0) is 14.4. The van der Waals surface area contributed by atoms with E-state index in [1.807, 2.05) is 12.1 Å². The molecule has 1 saturated heterocycles. The van der Waals surface area contributed by atoms with Gasteiger partial charge in [0, 0.05) is 38.3 Å². The molecule has 20 heavy (non-hydrogen) atoms. The van der Waals surface area contributed by atoms with Crippen LogP contribution in [-0.2, 0) is 11.3 Å². The van der Waals surface area contributed by atoms with E-state index in [1.165, 1.54) is 6.42 Å². The van der Waals surface area contributed by atoms with Gasteiger partial charge in [0.25, 0.3) is 0 Å². The highest BCUT2D eigenvalue weighted by molar-refractivity contribution is 6.30. The summed E-state index contributed by atoms with van der Waals surface area (Å²) in [5.74, 6) is -0.285. The molecule has 1 atom stereocenters. The Labute approximate surface area is 125 Å². The molecule has 0 bridgehead atoms. The van der Waals surface area contributed by atoms with Crippen LogP contribution >= 0.6 is 11.6 Å². The monoisotopic (exact) mass is 300 g/mol. The molecule has 0 spiro atoms. The number of likely N-dealkylation sites (tertiary alicyclic amines) is 1.